The van der Waals surface area contributed by atoms with Crippen LogP contribution in [0.15, 0.2) is 34.9 Å². The first-order valence-corrected chi connectivity index (χ1v) is 7.17. The molecule has 1 aromatic carbocycles. The van der Waals surface area contributed by atoms with E-state index in [0.717, 1.165) is 16.8 Å². The second kappa shape index (κ2) is 6.23. The van der Waals surface area contributed by atoms with Crippen molar-refractivity contribution in [1.29, 1.82) is 0 Å². The fraction of sp³-hybridized carbons (Fsp3) is 0.188. The fourth-order valence-electron chi connectivity index (χ4n) is 2.28. The van der Waals surface area contributed by atoms with Gasteiger partial charge in [0.2, 0.25) is 5.76 Å². The van der Waals surface area contributed by atoms with Crippen LogP contribution in [0.3, 0.4) is 0 Å². The smallest absolute Gasteiger partial charge is 0.289 e. The van der Waals surface area contributed by atoms with Gasteiger partial charge >= 0.3 is 0 Å². The van der Waals surface area contributed by atoms with Gasteiger partial charge in [-0.3, -0.25) is 4.79 Å². The van der Waals surface area contributed by atoms with Crippen molar-refractivity contribution >= 4 is 5.91 Å². The van der Waals surface area contributed by atoms with Gasteiger partial charge < -0.3 is 9.73 Å². The van der Waals surface area contributed by atoms with Crippen LogP contribution in [0.25, 0.3) is 5.69 Å². The number of benzene rings is 1. The van der Waals surface area contributed by atoms with Gasteiger partial charge in [-0.2, -0.15) is 5.10 Å². The minimum Gasteiger partial charge on any atom is -0.436 e. The zero-order valence-electron chi connectivity index (χ0n) is 13.0. The molecule has 0 saturated heterocycles. The van der Waals surface area contributed by atoms with Crippen molar-refractivity contribution in [3.05, 3.63) is 65.1 Å². The Hall–Kier alpha value is -3.03. The topological polar surface area (TPSA) is 73.0 Å². The van der Waals surface area contributed by atoms with E-state index in [-0.39, 0.29) is 18.0 Å². The van der Waals surface area contributed by atoms with Gasteiger partial charge in [-0.1, -0.05) is 6.07 Å². The number of amides is 1. The standard InChI is InChI=1S/C16H14F2N4O2/c1-9-15(24-10(2)20-9)16(23)19-8-11-6-7-22(21-11)14-12(17)4-3-5-13(14)18/h3-7H,8H2,1-2H3,(H,19,23). The van der Waals surface area contributed by atoms with Crippen LogP contribution in [-0.2, 0) is 6.54 Å². The number of hydrogen-bond donors (Lipinski definition) is 1. The number of carbonyl (C=O) groups excluding carboxylic acids is 1. The molecule has 0 spiro atoms. The van der Waals surface area contributed by atoms with Gasteiger partial charge in [0.15, 0.2) is 17.5 Å². The summed E-state index contributed by atoms with van der Waals surface area (Å²) in [6.45, 7) is 3.40. The summed E-state index contributed by atoms with van der Waals surface area (Å²) in [6.07, 6.45) is 1.42. The minimum absolute atomic E-state index is 0.0844. The van der Waals surface area contributed by atoms with Crippen molar-refractivity contribution in [2.45, 2.75) is 20.4 Å². The summed E-state index contributed by atoms with van der Waals surface area (Å²) < 4.78 is 33.8. The average molecular weight is 332 g/mol. The van der Waals surface area contributed by atoms with E-state index in [9.17, 15) is 13.6 Å². The lowest BCUT2D eigenvalue weighted by atomic mass is 10.3. The maximum absolute atomic E-state index is 13.7. The summed E-state index contributed by atoms with van der Waals surface area (Å²) in [5.41, 5.74) is 0.667. The van der Waals surface area contributed by atoms with Crippen molar-refractivity contribution in [3.63, 3.8) is 0 Å². The van der Waals surface area contributed by atoms with Crippen molar-refractivity contribution in [1.82, 2.24) is 20.1 Å². The predicted molar refractivity (Wildman–Crippen MR) is 80.6 cm³/mol. The zero-order chi connectivity index (χ0) is 17.3. The van der Waals surface area contributed by atoms with E-state index in [0.29, 0.717) is 17.3 Å². The molecule has 0 fully saturated rings. The Morgan fingerprint density at radius 3 is 2.58 bits per heavy atom. The molecule has 8 heteroatoms. The molecule has 0 bridgehead atoms. The lowest BCUT2D eigenvalue weighted by Gasteiger charge is -2.04. The highest BCUT2D eigenvalue weighted by molar-refractivity contribution is 5.92. The van der Waals surface area contributed by atoms with Crippen LogP contribution >= 0.6 is 0 Å². The van der Waals surface area contributed by atoms with Crippen LogP contribution in [0.4, 0.5) is 8.78 Å². The van der Waals surface area contributed by atoms with Crippen molar-refractivity contribution in [3.8, 4) is 5.69 Å². The third kappa shape index (κ3) is 3.03. The number of aryl methyl sites for hydroxylation is 2. The Labute approximate surface area is 136 Å². The van der Waals surface area contributed by atoms with Gasteiger partial charge in [0.25, 0.3) is 5.91 Å². The molecular formula is C16H14F2N4O2. The van der Waals surface area contributed by atoms with Crippen LogP contribution in [0.2, 0.25) is 0 Å². The van der Waals surface area contributed by atoms with Gasteiger partial charge in [-0.25, -0.2) is 18.4 Å². The van der Waals surface area contributed by atoms with Gasteiger partial charge in [-0.15, -0.1) is 0 Å². The summed E-state index contributed by atoms with van der Waals surface area (Å²) in [6, 6.07) is 5.14. The molecule has 1 N–H and O–H groups in total. The number of rotatable bonds is 4. The Bertz CT molecular complexity index is 881. The third-order valence-electron chi connectivity index (χ3n) is 3.35. The normalized spacial score (nSPS) is 10.8. The minimum atomic E-state index is -0.721. The number of halogens is 2. The van der Waals surface area contributed by atoms with Crippen molar-refractivity contribution in [2.24, 2.45) is 0 Å². The maximum atomic E-state index is 13.7. The Balaban J connectivity index is 1.73. The van der Waals surface area contributed by atoms with Crippen LogP contribution in [0.1, 0.15) is 27.8 Å². The molecule has 0 unspecified atom stereocenters. The molecule has 0 aliphatic heterocycles. The highest BCUT2D eigenvalue weighted by Crippen LogP contribution is 2.17. The maximum Gasteiger partial charge on any atom is 0.289 e. The van der Waals surface area contributed by atoms with E-state index in [4.69, 9.17) is 4.42 Å². The number of para-hydroxylation sites is 1. The first kappa shape index (κ1) is 15.9. The van der Waals surface area contributed by atoms with E-state index in [1.807, 2.05) is 0 Å². The van der Waals surface area contributed by atoms with E-state index in [1.54, 1.807) is 19.9 Å². The molecule has 124 valence electrons. The second-order valence-electron chi connectivity index (χ2n) is 5.15. The lowest BCUT2D eigenvalue weighted by molar-refractivity contribution is 0.0920. The predicted octanol–water partition coefficient (Wildman–Crippen LogP) is 2.69. The molecule has 0 aliphatic carbocycles. The lowest BCUT2D eigenvalue weighted by Crippen LogP contribution is -2.23. The molecule has 3 rings (SSSR count). The molecule has 24 heavy (non-hydrogen) atoms. The number of hydrogen-bond acceptors (Lipinski definition) is 4. The number of nitrogens with one attached hydrogen (secondary N) is 1. The Kier molecular flexibility index (Phi) is 4.11. The quantitative estimate of drug-likeness (QED) is 0.797. The van der Waals surface area contributed by atoms with Crippen LogP contribution in [-0.4, -0.2) is 20.7 Å². The molecule has 6 nitrogen and oxygen atoms in total. The summed E-state index contributed by atoms with van der Waals surface area (Å²) in [7, 11) is 0. The number of nitrogens with zero attached hydrogens (tertiary/aromatic N) is 3. The summed E-state index contributed by atoms with van der Waals surface area (Å²) in [5.74, 6) is -1.34. The highest BCUT2D eigenvalue weighted by Gasteiger charge is 2.16. The van der Waals surface area contributed by atoms with E-state index in [2.05, 4.69) is 15.4 Å². The molecule has 0 atom stereocenters. The number of carbonyl (C=O) groups is 1. The molecule has 1 amide bonds. The largest absolute Gasteiger partial charge is 0.436 e. The molecule has 2 heterocycles. The first-order valence-electron chi connectivity index (χ1n) is 7.17. The Morgan fingerprint density at radius 2 is 1.96 bits per heavy atom. The summed E-state index contributed by atoms with van der Waals surface area (Å²) in [4.78, 5) is 16.1. The average Bonchev–Trinajstić information content (AvgIpc) is 3.11. The van der Waals surface area contributed by atoms with Crippen LogP contribution in [0, 0.1) is 25.5 Å². The Morgan fingerprint density at radius 1 is 1.25 bits per heavy atom. The molecule has 0 radical (unpaired) electrons. The number of aromatic nitrogens is 3. The van der Waals surface area contributed by atoms with Crippen molar-refractivity contribution in [2.75, 3.05) is 0 Å². The SMILES string of the molecule is Cc1nc(C)c(C(=O)NCc2ccn(-c3c(F)cccc3F)n2)o1. The van der Waals surface area contributed by atoms with Gasteiger partial charge in [-0.05, 0) is 25.1 Å². The van der Waals surface area contributed by atoms with E-state index < -0.39 is 17.5 Å². The summed E-state index contributed by atoms with van der Waals surface area (Å²) >= 11 is 0. The van der Waals surface area contributed by atoms with Gasteiger partial charge in [0.1, 0.15) is 5.69 Å². The molecule has 0 aliphatic rings. The fourth-order valence-corrected chi connectivity index (χ4v) is 2.28. The third-order valence-corrected chi connectivity index (χ3v) is 3.35. The van der Waals surface area contributed by atoms with Crippen LogP contribution < -0.4 is 5.32 Å². The molecule has 0 saturated carbocycles. The number of oxazole rings is 1. The molecular weight excluding hydrogens is 318 g/mol. The first-order chi connectivity index (χ1) is 11.5. The summed E-state index contributed by atoms with van der Waals surface area (Å²) in [5, 5.41) is 6.70. The monoisotopic (exact) mass is 332 g/mol. The van der Waals surface area contributed by atoms with E-state index >= 15 is 0 Å². The van der Waals surface area contributed by atoms with Gasteiger partial charge in [0.05, 0.1) is 17.9 Å². The molecule has 3 aromatic rings. The molecule has 2 aromatic heterocycles. The zero-order valence-corrected chi connectivity index (χ0v) is 13.0. The highest BCUT2D eigenvalue weighted by atomic mass is 19.1. The van der Waals surface area contributed by atoms with Crippen molar-refractivity contribution < 1.29 is 18.0 Å². The van der Waals surface area contributed by atoms with Gasteiger partial charge in [0, 0.05) is 13.1 Å². The van der Waals surface area contributed by atoms with E-state index in [1.165, 1.54) is 12.3 Å². The van der Waals surface area contributed by atoms with Crippen LogP contribution in [0.5, 0.6) is 0 Å². The second-order valence-corrected chi connectivity index (χ2v) is 5.15.